The van der Waals surface area contributed by atoms with Crippen LogP contribution >= 0.6 is 0 Å². The van der Waals surface area contributed by atoms with Crippen molar-refractivity contribution < 1.29 is 32.2 Å². The summed E-state index contributed by atoms with van der Waals surface area (Å²) in [4.78, 5) is 28.0. The van der Waals surface area contributed by atoms with Crippen LogP contribution in [0.2, 0.25) is 0 Å². The molecule has 2 saturated heterocycles. The predicted molar refractivity (Wildman–Crippen MR) is 98.5 cm³/mol. The Labute approximate surface area is 166 Å². The highest BCUT2D eigenvalue weighted by Gasteiger charge is 2.44. The number of carbonyl (C=O) groups is 2. The smallest absolute Gasteiger partial charge is 0.444 e. The second kappa shape index (κ2) is 7.64. The molecule has 0 aromatic heterocycles. The van der Waals surface area contributed by atoms with Gasteiger partial charge < -0.3 is 24.6 Å². The Kier molecular flexibility index (Phi) is 5.55. The van der Waals surface area contributed by atoms with Gasteiger partial charge in [0, 0.05) is 43.7 Å². The molecule has 29 heavy (non-hydrogen) atoms. The van der Waals surface area contributed by atoms with E-state index in [1.807, 2.05) is 20.8 Å². The summed E-state index contributed by atoms with van der Waals surface area (Å²) in [6.07, 6.45) is -5.10. The number of urea groups is 1. The summed E-state index contributed by atoms with van der Waals surface area (Å²) in [6.45, 7) is 7.52. The van der Waals surface area contributed by atoms with Gasteiger partial charge in [0.1, 0.15) is 11.4 Å². The normalized spacial score (nSPS) is 21.7. The number of nitrogens with zero attached hydrogens (tertiary/aromatic N) is 2. The summed E-state index contributed by atoms with van der Waals surface area (Å²) in [7, 11) is 0. The van der Waals surface area contributed by atoms with Crippen molar-refractivity contribution in [1.29, 1.82) is 0 Å². The minimum Gasteiger partial charge on any atom is -0.444 e. The van der Waals surface area contributed by atoms with Gasteiger partial charge in [0.25, 0.3) is 0 Å². The molecule has 3 amide bonds. The average molecular weight is 415 g/mol. The Morgan fingerprint density at radius 2 is 1.48 bits per heavy atom. The standard InChI is InChI=1S/C19H24F3N3O4/c1-18(2,3)29-17(27)25-10-12-8-24(9-13(12)11-25)16(26)23-14-4-6-15(7-5-14)28-19(20,21)22/h4-7,12-13H,8-11H2,1-3H3,(H,23,26)/t12-,13?/m1/s1. The predicted octanol–water partition coefficient (Wildman–Crippen LogP) is 3.92. The van der Waals surface area contributed by atoms with Gasteiger partial charge in [-0.3, -0.25) is 0 Å². The van der Waals surface area contributed by atoms with Gasteiger partial charge in [0.2, 0.25) is 0 Å². The summed E-state index contributed by atoms with van der Waals surface area (Å²) < 4.78 is 45.8. The Morgan fingerprint density at radius 3 is 1.97 bits per heavy atom. The summed E-state index contributed by atoms with van der Waals surface area (Å²) in [5, 5.41) is 2.67. The van der Waals surface area contributed by atoms with E-state index >= 15 is 0 Å². The molecular weight excluding hydrogens is 391 g/mol. The van der Waals surface area contributed by atoms with E-state index in [2.05, 4.69) is 10.1 Å². The third kappa shape index (κ3) is 5.68. The maximum atomic E-state index is 12.5. The largest absolute Gasteiger partial charge is 0.573 e. The van der Waals surface area contributed by atoms with Gasteiger partial charge in [-0.15, -0.1) is 13.2 Å². The molecule has 0 saturated carbocycles. The van der Waals surface area contributed by atoms with Crippen molar-refractivity contribution in [3.63, 3.8) is 0 Å². The Bertz CT molecular complexity index is 747. The Hall–Kier alpha value is -2.65. The number of alkyl halides is 3. The van der Waals surface area contributed by atoms with Crippen molar-refractivity contribution in [2.75, 3.05) is 31.5 Å². The molecule has 0 bridgehead atoms. The maximum Gasteiger partial charge on any atom is 0.573 e. The molecule has 1 aromatic rings. The lowest BCUT2D eigenvalue weighted by atomic mass is 10.0. The fraction of sp³-hybridized carbons (Fsp3) is 0.579. The van der Waals surface area contributed by atoms with Crippen LogP contribution in [0.15, 0.2) is 24.3 Å². The molecule has 1 unspecified atom stereocenters. The fourth-order valence-corrected chi connectivity index (χ4v) is 3.58. The van der Waals surface area contributed by atoms with E-state index in [4.69, 9.17) is 4.74 Å². The van der Waals surface area contributed by atoms with Gasteiger partial charge >= 0.3 is 18.5 Å². The number of halogens is 3. The number of anilines is 1. The van der Waals surface area contributed by atoms with Gasteiger partial charge in [-0.05, 0) is 45.0 Å². The van der Waals surface area contributed by atoms with E-state index in [-0.39, 0.29) is 29.7 Å². The van der Waals surface area contributed by atoms with Crippen LogP contribution in [-0.4, -0.2) is 60.1 Å². The van der Waals surface area contributed by atoms with Crippen molar-refractivity contribution in [3.05, 3.63) is 24.3 Å². The molecule has 2 atom stereocenters. The van der Waals surface area contributed by atoms with Crippen LogP contribution in [0.25, 0.3) is 0 Å². The van der Waals surface area contributed by atoms with Gasteiger partial charge in [0.05, 0.1) is 0 Å². The quantitative estimate of drug-likeness (QED) is 0.795. The molecule has 1 N–H and O–H groups in total. The van der Waals surface area contributed by atoms with E-state index in [0.717, 1.165) is 12.1 Å². The molecule has 2 aliphatic rings. The SMILES string of the molecule is CC(C)(C)OC(=O)N1CC2CN(C(=O)Nc3ccc(OC(F)(F)F)cc3)C[C@@H]2C1. The van der Waals surface area contributed by atoms with Crippen LogP contribution in [0.3, 0.4) is 0 Å². The molecule has 2 fully saturated rings. The van der Waals surface area contributed by atoms with Crippen LogP contribution in [0.1, 0.15) is 20.8 Å². The highest BCUT2D eigenvalue weighted by atomic mass is 19.4. The number of likely N-dealkylation sites (tertiary alicyclic amines) is 2. The lowest BCUT2D eigenvalue weighted by Crippen LogP contribution is -2.39. The van der Waals surface area contributed by atoms with Crippen LogP contribution in [0.5, 0.6) is 5.75 Å². The van der Waals surface area contributed by atoms with Crippen molar-refractivity contribution in [2.24, 2.45) is 11.8 Å². The molecule has 2 heterocycles. The van der Waals surface area contributed by atoms with Crippen molar-refractivity contribution in [1.82, 2.24) is 9.80 Å². The minimum atomic E-state index is -4.76. The first-order chi connectivity index (χ1) is 13.4. The maximum absolute atomic E-state index is 12.5. The second-order valence-corrected chi connectivity index (χ2v) is 8.31. The van der Waals surface area contributed by atoms with Gasteiger partial charge in [-0.25, -0.2) is 9.59 Å². The third-order valence-electron chi connectivity index (χ3n) is 4.76. The lowest BCUT2D eigenvalue weighted by molar-refractivity contribution is -0.274. The third-order valence-corrected chi connectivity index (χ3v) is 4.76. The zero-order chi connectivity index (χ0) is 21.4. The van der Waals surface area contributed by atoms with E-state index in [1.165, 1.54) is 12.1 Å². The number of carbonyl (C=O) groups excluding carboxylic acids is 2. The zero-order valence-electron chi connectivity index (χ0n) is 16.5. The average Bonchev–Trinajstić information content (AvgIpc) is 3.12. The van der Waals surface area contributed by atoms with Crippen LogP contribution in [0.4, 0.5) is 28.4 Å². The molecule has 0 aliphatic carbocycles. The number of nitrogens with one attached hydrogen (secondary N) is 1. The topological polar surface area (TPSA) is 71.1 Å². The molecule has 160 valence electrons. The number of hydrogen-bond donors (Lipinski definition) is 1. The number of ether oxygens (including phenoxy) is 2. The highest BCUT2D eigenvalue weighted by molar-refractivity contribution is 5.89. The molecule has 3 rings (SSSR count). The number of rotatable bonds is 2. The highest BCUT2D eigenvalue weighted by Crippen LogP contribution is 2.32. The van der Waals surface area contributed by atoms with Gasteiger partial charge in [-0.2, -0.15) is 0 Å². The van der Waals surface area contributed by atoms with Gasteiger partial charge in [0.15, 0.2) is 0 Å². The van der Waals surface area contributed by atoms with E-state index in [9.17, 15) is 22.8 Å². The van der Waals surface area contributed by atoms with E-state index in [1.54, 1.807) is 9.80 Å². The first-order valence-corrected chi connectivity index (χ1v) is 9.29. The number of hydrogen-bond acceptors (Lipinski definition) is 4. The fourth-order valence-electron chi connectivity index (χ4n) is 3.58. The minimum absolute atomic E-state index is 0.177. The lowest BCUT2D eigenvalue weighted by Gasteiger charge is -2.26. The molecule has 0 radical (unpaired) electrons. The summed E-state index contributed by atoms with van der Waals surface area (Å²) in [5.74, 6) is 0.0000905. The number of fused-ring (bicyclic) bond motifs is 1. The zero-order valence-corrected chi connectivity index (χ0v) is 16.5. The molecule has 10 heteroatoms. The first-order valence-electron chi connectivity index (χ1n) is 9.29. The first kappa shape index (κ1) is 21.1. The summed E-state index contributed by atoms with van der Waals surface area (Å²) >= 11 is 0. The monoisotopic (exact) mass is 415 g/mol. The van der Waals surface area contributed by atoms with Crippen LogP contribution < -0.4 is 10.1 Å². The Morgan fingerprint density at radius 1 is 0.966 bits per heavy atom. The Balaban J connectivity index is 1.49. The molecular formula is C19H24F3N3O4. The summed E-state index contributed by atoms with van der Waals surface area (Å²) in [5.41, 5.74) is -0.182. The second-order valence-electron chi connectivity index (χ2n) is 8.31. The van der Waals surface area contributed by atoms with E-state index in [0.29, 0.717) is 31.9 Å². The number of amides is 3. The molecule has 2 aliphatic heterocycles. The van der Waals surface area contributed by atoms with E-state index < -0.39 is 12.0 Å². The molecule has 1 aromatic carbocycles. The van der Waals surface area contributed by atoms with Crippen molar-refractivity contribution in [3.8, 4) is 5.75 Å². The molecule has 0 spiro atoms. The molecule has 7 nitrogen and oxygen atoms in total. The number of benzene rings is 1. The van der Waals surface area contributed by atoms with Crippen molar-refractivity contribution >= 4 is 17.8 Å². The van der Waals surface area contributed by atoms with Crippen LogP contribution in [0, 0.1) is 11.8 Å². The summed E-state index contributed by atoms with van der Waals surface area (Å²) in [6, 6.07) is 4.65. The van der Waals surface area contributed by atoms with Gasteiger partial charge in [-0.1, -0.05) is 0 Å². The van der Waals surface area contributed by atoms with Crippen molar-refractivity contribution in [2.45, 2.75) is 32.7 Å². The van der Waals surface area contributed by atoms with Crippen LogP contribution in [-0.2, 0) is 4.74 Å².